The van der Waals surface area contributed by atoms with Gasteiger partial charge in [0.1, 0.15) is 5.75 Å². The first-order valence-electron chi connectivity index (χ1n) is 9.79. The number of nitrogens with zero attached hydrogens (tertiary/aromatic N) is 3. The van der Waals surface area contributed by atoms with E-state index in [4.69, 9.17) is 21.5 Å². The molecule has 0 bridgehead atoms. The Kier molecular flexibility index (Phi) is 6.32. The van der Waals surface area contributed by atoms with Crippen LogP contribution in [0.15, 0.2) is 65.8 Å². The van der Waals surface area contributed by atoms with Crippen molar-refractivity contribution in [3.05, 3.63) is 77.2 Å². The highest BCUT2D eigenvalue weighted by atomic mass is 35.5. The van der Waals surface area contributed by atoms with Crippen molar-refractivity contribution in [2.75, 3.05) is 12.4 Å². The molecule has 4 rings (SSSR count). The molecule has 0 aliphatic rings. The fourth-order valence-corrected chi connectivity index (χ4v) is 4.30. The summed E-state index contributed by atoms with van der Waals surface area (Å²) < 4.78 is 31.1. The van der Waals surface area contributed by atoms with Crippen molar-refractivity contribution >= 4 is 44.1 Å². The number of amides is 1. The number of benzene rings is 2. The van der Waals surface area contributed by atoms with E-state index in [0.29, 0.717) is 39.5 Å². The summed E-state index contributed by atoms with van der Waals surface area (Å²) in [6.07, 6.45) is 3.19. The van der Waals surface area contributed by atoms with Gasteiger partial charge >= 0.3 is 0 Å². The molecule has 33 heavy (non-hydrogen) atoms. The number of methoxy groups -OCH3 is 1. The molecule has 0 spiro atoms. The van der Waals surface area contributed by atoms with Crippen molar-refractivity contribution in [3.63, 3.8) is 0 Å². The Labute approximate surface area is 195 Å². The van der Waals surface area contributed by atoms with E-state index in [1.165, 1.54) is 6.07 Å². The Morgan fingerprint density at radius 2 is 2.00 bits per heavy atom. The van der Waals surface area contributed by atoms with E-state index in [0.717, 1.165) is 0 Å². The maximum Gasteiger partial charge on any atom is 0.238 e. The molecule has 0 unspecified atom stereocenters. The zero-order valence-electron chi connectivity index (χ0n) is 17.5. The molecular formula is C22H20ClN5O4S. The predicted molar refractivity (Wildman–Crippen MR) is 125 cm³/mol. The summed E-state index contributed by atoms with van der Waals surface area (Å²) >= 11 is 6.12. The number of halogens is 1. The topological polar surface area (TPSA) is 129 Å². The Balaban J connectivity index is 1.64. The largest absolute Gasteiger partial charge is 0.495 e. The number of rotatable bonds is 7. The number of nitrogens with one attached hydrogen (secondary N) is 1. The van der Waals surface area contributed by atoms with Crippen LogP contribution in [0.5, 0.6) is 5.75 Å². The first-order valence-corrected chi connectivity index (χ1v) is 11.7. The van der Waals surface area contributed by atoms with E-state index in [-0.39, 0.29) is 22.9 Å². The van der Waals surface area contributed by atoms with E-state index in [9.17, 15) is 13.2 Å². The average molecular weight is 486 g/mol. The van der Waals surface area contributed by atoms with Gasteiger partial charge in [-0.3, -0.25) is 14.5 Å². The summed E-state index contributed by atoms with van der Waals surface area (Å²) in [6, 6.07) is 13.5. The predicted octanol–water partition coefficient (Wildman–Crippen LogP) is 2.97. The first kappa shape index (κ1) is 22.7. The molecule has 9 nitrogen and oxygen atoms in total. The number of hydrogen-bond donors (Lipinski definition) is 2. The third-order valence-corrected chi connectivity index (χ3v) is 6.21. The molecular weight excluding hydrogens is 466 g/mol. The van der Waals surface area contributed by atoms with Crippen LogP contribution in [-0.4, -0.2) is 36.2 Å². The summed E-state index contributed by atoms with van der Waals surface area (Å²) in [4.78, 5) is 16.7. The summed E-state index contributed by atoms with van der Waals surface area (Å²) in [6.45, 7) is 0.303. The van der Waals surface area contributed by atoms with Crippen LogP contribution in [0.1, 0.15) is 11.3 Å². The van der Waals surface area contributed by atoms with Crippen LogP contribution in [0.4, 0.5) is 5.69 Å². The summed E-state index contributed by atoms with van der Waals surface area (Å²) in [7, 11) is -2.53. The van der Waals surface area contributed by atoms with Crippen LogP contribution in [-0.2, 0) is 27.8 Å². The van der Waals surface area contributed by atoms with Crippen molar-refractivity contribution in [1.29, 1.82) is 0 Å². The maximum atomic E-state index is 12.5. The fourth-order valence-electron chi connectivity index (χ4n) is 3.34. The highest BCUT2D eigenvalue weighted by Crippen LogP contribution is 2.27. The third kappa shape index (κ3) is 5.30. The quantitative estimate of drug-likeness (QED) is 0.414. The highest BCUT2D eigenvalue weighted by Gasteiger charge is 2.18. The summed E-state index contributed by atoms with van der Waals surface area (Å²) in [5, 5.41) is 13.4. The number of sulfonamides is 1. The zero-order valence-corrected chi connectivity index (χ0v) is 19.1. The molecule has 3 N–H and O–H groups in total. The Hall–Kier alpha value is -3.47. The van der Waals surface area contributed by atoms with Gasteiger partial charge in [-0.25, -0.2) is 13.6 Å². The van der Waals surface area contributed by atoms with Crippen LogP contribution < -0.4 is 15.2 Å². The molecule has 2 aromatic heterocycles. The third-order valence-electron chi connectivity index (χ3n) is 4.89. The lowest BCUT2D eigenvalue weighted by Gasteiger charge is -2.08. The van der Waals surface area contributed by atoms with Crippen LogP contribution >= 0.6 is 11.6 Å². The lowest BCUT2D eigenvalue weighted by molar-refractivity contribution is -0.115. The molecule has 0 saturated carbocycles. The second-order valence-electron chi connectivity index (χ2n) is 7.28. The SMILES string of the molecule is COc1ccc(Cn2cc3c(S(N)(=O)=O)cc(NC(=O)Cc4ccccc4Cl)cc3n2)nc1. The van der Waals surface area contributed by atoms with Gasteiger partial charge in [0.25, 0.3) is 0 Å². The molecule has 0 aliphatic carbocycles. The molecule has 2 heterocycles. The minimum Gasteiger partial charge on any atom is -0.495 e. The number of aromatic nitrogens is 3. The molecule has 0 saturated heterocycles. The van der Waals surface area contributed by atoms with Crippen LogP contribution in [0.2, 0.25) is 5.02 Å². The second-order valence-corrected chi connectivity index (χ2v) is 9.22. The lowest BCUT2D eigenvalue weighted by Crippen LogP contribution is -2.16. The van der Waals surface area contributed by atoms with Crippen LogP contribution in [0, 0.1) is 0 Å². The molecule has 0 aliphatic heterocycles. The zero-order chi connectivity index (χ0) is 23.6. The van der Waals surface area contributed by atoms with Gasteiger partial charge in [-0.05, 0) is 35.9 Å². The molecule has 1 amide bonds. The van der Waals surface area contributed by atoms with Gasteiger partial charge in [0.05, 0.1) is 42.4 Å². The second kappa shape index (κ2) is 9.18. The van der Waals surface area contributed by atoms with Gasteiger partial charge in [-0.2, -0.15) is 5.10 Å². The molecule has 2 aromatic carbocycles. The van der Waals surface area contributed by atoms with Crippen molar-refractivity contribution < 1.29 is 17.9 Å². The number of fused-ring (bicyclic) bond motifs is 1. The van der Waals surface area contributed by atoms with Crippen molar-refractivity contribution in [1.82, 2.24) is 14.8 Å². The Morgan fingerprint density at radius 3 is 2.67 bits per heavy atom. The van der Waals surface area contributed by atoms with E-state index in [2.05, 4.69) is 15.4 Å². The molecule has 0 radical (unpaired) electrons. The summed E-state index contributed by atoms with van der Waals surface area (Å²) in [5.41, 5.74) is 1.98. The number of carbonyl (C=O) groups excluding carboxylic acids is 1. The van der Waals surface area contributed by atoms with Crippen molar-refractivity contribution in [2.45, 2.75) is 17.9 Å². The number of nitrogens with two attached hydrogens (primary N) is 1. The lowest BCUT2D eigenvalue weighted by atomic mass is 10.1. The van der Waals surface area contributed by atoms with Crippen molar-refractivity contribution in [2.24, 2.45) is 5.14 Å². The van der Waals surface area contributed by atoms with E-state index < -0.39 is 10.0 Å². The first-order chi connectivity index (χ1) is 15.7. The van der Waals surface area contributed by atoms with Gasteiger partial charge in [-0.1, -0.05) is 29.8 Å². The van der Waals surface area contributed by atoms with E-state index in [1.807, 2.05) is 0 Å². The molecule has 0 atom stereocenters. The van der Waals surface area contributed by atoms with E-state index in [1.54, 1.807) is 66.6 Å². The maximum absolute atomic E-state index is 12.5. The van der Waals surface area contributed by atoms with Crippen LogP contribution in [0.3, 0.4) is 0 Å². The number of ether oxygens (including phenoxy) is 1. The molecule has 170 valence electrons. The molecule has 4 aromatic rings. The number of pyridine rings is 1. The monoisotopic (exact) mass is 485 g/mol. The Morgan fingerprint density at radius 1 is 1.21 bits per heavy atom. The van der Waals surface area contributed by atoms with Gasteiger partial charge in [0.2, 0.25) is 15.9 Å². The summed E-state index contributed by atoms with van der Waals surface area (Å²) in [5.74, 6) is 0.266. The number of hydrogen-bond acceptors (Lipinski definition) is 6. The normalized spacial score (nSPS) is 11.5. The highest BCUT2D eigenvalue weighted by molar-refractivity contribution is 7.89. The van der Waals surface area contributed by atoms with Gasteiger partial charge < -0.3 is 10.1 Å². The number of carbonyl (C=O) groups is 1. The van der Waals surface area contributed by atoms with Gasteiger partial charge in [0, 0.05) is 22.3 Å². The minimum absolute atomic E-state index is 0.0278. The van der Waals surface area contributed by atoms with Crippen molar-refractivity contribution in [3.8, 4) is 5.75 Å². The molecule has 0 fully saturated rings. The molecule has 11 heteroatoms. The average Bonchev–Trinajstić information content (AvgIpc) is 3.16. The van der Waals surface area contributed by atoms with Gasteiger partial charge in [-0.15, -0.1) is 0 Å². The van der Waals surface area contributed by atoms with Gasteiger partial charge in [0.15, 0.2) is 0 Å². The van der Waals surface area contributed by atoms with E-state index >= 15 is 0 Å². The number of primary sulfonamides is 1. The smallest absolute Gasteiger partial charge is 0.238 e. The number of anilines is 1. The Bertz CT molecular complexity index is 1440. The standard InChI is InChI=1S/C22H20ClN5O4S/c1-32-17-7-6-15(25-11-17)12-28-13-18-20(27-28)9-16(10-21(18)33(24,30)31)26-22(29)8-14-4-2-3-5-19(14)23/h2-7,9-11,13H,8,12H2,1H3,(H,26,29)(H2,24,30,31). The van der Waals surface area contributed by atoms with Crippen LogP contribution in [0.25, 0.3) is 10.9 Å². The fraction of sp³-hybridized carbons (Fsp3) is 0.136. The minimum atomic E-state index is -4.08.